The first-order valence-corrected chi connectivity index (χ1v) is 8.95. The molecule has 0 bridgehead atoms. The summed E-state index contributed by atoms with van der Waals surface area (Å²) in [6.45, 7) is 0.700. The second-order valence-electron chi connectivity index (χ2n) is 4.92. The standard InChI is InChI=1S/C15H13Br2NOS/c16-11-1-4-14(17)13(7-11)15(19)18(12-2-3-12)8-10-5-6-20-9-10/h1,4-7,9,12H,2-3,8H2. The van der Waals surface area contributed by atoms with Gasteiger partial charge in [-0.05, 0) is 69.4 Å². The molecule has 1 heterocycles. The monoisotopic (exact) mass is 413 g/mol. The van der Waals surface area contributed by atoms with Gasteiger partial charge in [-0.25, -0.2) is 0 Å². The normalized spacial score (nSPS) is 14.3. The van der Waals surface area contributed by atoms with Crippen LogP contribution in [0.25, 0.3) is 0 Å². The Morgan fingerprint density at radius 2 is 2.10 bits per heavy atom. The molecule has 0 atom stereocenters. The molecule has 0 N–H and O–H groups in total. The summed E-state index contributed by atoms with van der Waals surface area (Å²) in [5.74, 6) is 0.104. The summed E-state index contributed by atoms with van der Waals surface area (Å²) in [5, 5.41) is 4.17. The molecule has 2 aromatic rings. The van der Waals surface area contributed by atoms with E-state index >= 15 is 0 Å². The van der Waals surface area contributed by atoms with Gasteiger partial charge in [-0.1, -0.05) is 15.9 Å². The third-order valence-corrected chi connectivity index (χ3v) is 5.26. The van der Waals surface area contributed by atoms with Crippen LogP contribution in [0, 0.1) is 0 Å². The van der Waals surface area contributed by atoms with Gasteiger partial charge in [0.2, 0.25) is 0 Å². The first kappa shape index (κ1) is 14.3. The van der Waals surface area contributed by atoms with E-state index in [0.29, 0.717) is 12.6 Å². The predicted octanol–water partition coefficient (Wildman–Crippen LogP) is 5.08. The van der Waals surface area contributed by atoms with Gasteiger partial charge in [-0.15, -0.1) is 0 Å². The van der Waals surface area contributed by atoms with Crippen LogP contribution in [-0.4, -0.2) is 16.8 Å². The summed E-state index contributed by atoms with van der Waals surface area (Å²) < 4.78 is 1.77. The number of carbonyl (C=O) groups is 1. The fourth-order valence-electron chi connectivity index (χ4n) is 2.15. The van der Waals surface area contributed by atoms with Crippen LogP contribution in [0.1, 0.15) is 28.8 Å². The van der Waals surface area contributed by atoms with E-state index in [1.54, 1.807) is 11.3 Å². The van der Waals surface area contributed by atoms with Crippen LogP contribution in [0.5, 0.6) is 0 Å². The second-order valence-corrected chi connectivity index (χ2v) is 7.47. The number of halogens is 2. The first-order chi connectivity index (χ1) is 9.65. The van der Waals surface area contributed by atoms with Gasteiger partial charge in [0.25, 0.3) is 5.91 Å². The highest BCUT2D eigenvalue weighted by Crippen LogP contribution is 2.32. The third kappa shape index (κ3) is 3.15. The zero-order valence-electron chi connectivity index (χ0n) is 10.7. The van der Waals surface area contributed by atoms with Gasteiger partial charge in [0.05, 0.1) is 5.56 Å². The Bertz CT molecular complexity index is 623. The van der Waals surface area contributed by atoms with Gasteiger partial charge in [-0.2, -0.15) is 11.3 Å². The molecule has 20 heavy (non-hydrogen) atoms. The molecule has 0 aliphatic heterocycles. The second kappa shape index (κ2) is 6.00. The summed E-state index contributed by atoms with van der Waals surface area (Å²) in [4.78, 5) is 14.8. The maximum Gasteiger partial charge on any atom is 0.255 e. The largest absolute Gasteiger partial charge is 0.331 e. The van der Waals surface area contributed by atoms with E-state index < -0.39 is 0 Å². The smallest absolute Gasteiger partial charge is 0.255 e. The lowest BCUT2D eigenvalue weighted by Crippen LogP contribution is -2.32. The molecule has 1 aromatic heterocycles. The number of rotatable bonds is 4. The zero-order valence-corrected chi connectivity index (χ0v) is 14.7. The fraction of sp³-hybridized carbons (Fsp3) is 0.267. The predicted molar refractivity (Wildman–Crippen MR) is 89.1 cm³/mol. The first-order valence-electron chi connectivity index (χ1n) is 6.42. The van der Waals surface area contributed by atoms with Gasteiger partial charge >= 0.3 is 0 Å². The molecule has 1 fully saturated rings. The highest BCUT2D eigenvalue weighted by Gasteiger charge is 2.33. The third-order valence-electron chi connectivity index (χ3n) is 3.34. The van der Waals surface area contributed by atoms with Crippen LogP contribution in [0.3, 0.4) is 0 Å². The van der Waals surface area contributed by atoms with Crippen molar-refractivity contribution in [3.05, 3.63) is 55.1 Å². The molecule has 0 radical (unpaired) electrons. The van der Waals surface area contributed by atoms with Crippen LogP contribution in [0.15, 0.2) is 44.0 Å². The molecule has 0 saturated heterocycles. The Balaban J connectivity index is 1.87. The van der Waals surface area contributed by atoms with Crippen molar-refractivity contribution >= 4 is 49.1 Å². The zero-order chi connectivity index (χ0) is 14.1. The number of hydrogen-bond acceptors (Lipinski definition) is 2. The Hall–Kier alpha value is -0.650. The fourth-order valence-corrected chi connectivity index (χ4v) is 3.59. The molecular weight excluding hydrogens is 402 g/mol. The van der Waals surface area contributed by atoms with E-state index in [1.165, 1.54) is 5.56 Å². The van der Waals surface area contributed by atoms with Gasteiger partial charge in [0.15, 0.2) is 0 Å². The molecule has 1 amide bonds. The molecule has 0 unspecified atom stereocenters. The Labute approximate surface area is 139 Å². The number of benzene rings is 1. The van der Waals surface area contributed by atoms with Crippen molar-refractivity contribution in [1.82, 2.24) is 4.90 Å². The van der Waals surface area contributed by atoms with Crippen LogP contribution in [0.4, 0.5) is 0 Å². The van der Waals surface area contributed by atoms with Gasteiger partial charge in [-0.3, -0.25) is 4.79 Å². The van der Waals surface area contributed by atoms with E-state index in [0.717, 1.165) is 27.4 Å². The number of hydrogen-bond donors (Lipinski definition) is 0. The lowest BCUT2D eigenvalue weighted by atomic mass is 10.2. The summed E-state index contributed by atoms with van der Waals surface area (Å²) in [5.41, 5.74) is 1.93. The molecule has 1 saturated carbocycles. The van der Waals surface area contributed by atoms with Crippen LogP contribution >= 0.6 is 43.2 Å². The maximum atomic E-state index is 12.8. The minimum Gasteiger partial charge on any atom is -0.331 e. The highest BCUT2D eigenvalue weighted by molar-refractivity contribution is 9.11. The lowest BCUT2D eigenvalue weighted by molar-refractivity contribution is 0.0729. The van der Waals surface area contributed by atoms with E-state index in [2.05, 4.69) is 48.7 Å². The number of thiophene rings is 1. The Morgan fingerprint density at radius 1 is 1.30 bits per heavy atom. The SMILES string of the molecule is O=C(c1cc(Br)ccc1Br)N(Cc1ccsc1)C1CC1. The quantitative estimate of drug-likeness (QED) is 0.683. The summed E-state index contributed by atoms with van der Waals surface area (Å²) >= 11 is 8.59. The Kier molecular flexibility index (Phi) is 4.29. The highest BCUT2D eigenvalue weighted by atomic mass is 79.9. The van der Waals surface area contributed by atoms with Crippen molar-refractivity contribution in [1.29, 1.82) is 0 Å². The molecule has 0 spiro atoms. The molecule has 104 valence electrons. The Morgan fingerprint density at radius 3 is 2.75 bits per heavy atom. The summed E-state index contributed by atoms with van der Waals surface area (Å²) in [7, 11) is 0. The summed E-state index contributed by atoms with van der Waals surface area (Å²) in [6.07, 6.45) is 2.23. The molecular formula is C15H13Br2NOS. The maximum absolute atomic E-state index is 12.8. The van der Waals surface area contributed by atoms with Crippen molar-refractivity contribution in [2.45, 2.75) is 25.4 Å². The average Bonchev–Trinajstić information content (AvgIpc) is 3.15. The van der Waals surface area contributed by atoms with Crippen LogP contribution in [-0.2, 0) is 6.54 Å². The van der Waals surface area contributed by atoms with Crippen molar-refractivity contribution in [3.8, 4) is 0 Å². The molecule has 1 aliphatic carbocycles. The van der Waals surface area contributed by atoms with Gasteiger partial charge < -0.3 is 4.90 Å². The van der Waals surface area contributed by atoms with Crippen molar-refractivity contribution in [3.63, 3.8) is 0 Å². The topological polar surface area (TPSA) is 20.3 Å². The average molecular weight is 415 g/mol. The molecule has 3 rings (SSSR count). The van der Waals surface area contributed by atoms with E-state index in [-0.39, 0.29) is 5.91 Å². The lowest BCUT2D eigenvalue weighted by Gasteiger charge is -2.22. The minimum atomic E-state index is 0.104. The van der Waals surface area contributed by atoms with E-state index in [1.807, 2.05) is 23.1 Å². The van der Waals surface area contributed by atoms with E-state index in [9.17, 15) is 4.79 Å². The minimum absolute atomic E-state index is 0.104. The molecule has 1 aliphatic rings. The van der Waals surface area contributed by atoms with E-state index in [4.69, 9.17) is 0 Å². The van der Waals surface area contributed by atoms with Gasteiger partial charge in [0.1, 0.15) is 0 Å². The van der Waals surface area contributed by atoms with Crippen LogP contribution in [0.2, 0.25) is 0 Å². The van der Waals surface area contributed by atoms with Crippen molar-refractivity contribution in [2.75, 3.05) is 0 Å². The van der Waals surface area contributed by atoms with Crippen molar-refractivity contribution < 1.29 is 4.79 Å². The number of carbonyl (C=O) groups excluding carboxylic acids is 1. The number of nitrogens with zero attached hydrogens (tertiary/aromatic N) is 1. The molecule has 5 heteroatoms. The number of amides is 1. The summed E-state index contributed by atoms with van der Waals surface area (Å²) in [6, 6.07) is 8.21. The molecule has 2 nitrogen and oxygen atoms in total. The molecule has 1 aromatic carbocycles. The van der Waals surface area contributed by atoms with Gasteiger partial charge in [0, 0.05) is 21.5 Å². The van der Waals surface area contributed by atoms with Crippen LogP contribution < -0.4 is 0 Å². The van der Waals surface area contributed by atoms with Crippen molar-refractivity contribution in [2.24, 2.45) is 0 Å².